The molecule has 0 saturated carbocycles. The van der Waals surface area contributed by atoms with Crippen molar-refractivity contribution in [3.63, 3.8) is 0 Å². The molecule has 2 fully saturated rings. The summed E-state index contributed by atoms with van der Waals surface area (Å²) in [4.78, 5) is 27.9. The number of carbonyl (C=O) groups excluding carboxylic acids is 2. The molecule has 2 N–H and O–H groups in total. The van der Waals surface area contributed by atoms with Crippen LogP contribution in [0.1, 0.15) is 36.0 Å². The highest BCUT2D eigenvalue weighted by Crippen LogP contribution is 2.32. The Kier molecular flexibility index (Phi) is 9.12. The number of halogens is 2. The largest absolute Gasteiger partial charge is 0.490 e. The van der Waals surface area contributed by atoms with E-state index in [2.05, 4.69) is 10.6 Å². The van der Waals surface area contributed by atoms with E-state index in [-0.39, 0.29) is 30.4 Å². The molecule has 2 aliphatic heterocycles. The van der Waals surface area contributed by atoms with Crippen LogP contribution in [0.4, 0.5) is 0 Å². The number of carbonyl (C=O) groups is 2. The molecule has 2 saturated heterocycles. The van der Waals surface area contributed by atoms with Crippen LogP contribution in [0.15, 0.2) is 42.5 Å². The maximum absolute atomic E-state index is 13.1. The van der Waals surface area contributed by atoms with Gasteiger partial charge in [0.1, 0.15) is 19.0 Å². The lowest BCUT2D eigenvalue weighted by Crippen LogP contribution is -2.56. The van der Waals surface area contributed by atoms with Gasteiger partial charge in [0, 0.05) is 31.2 Å². The summed E-state index contributed by atoms with van der Waals surface area (Å²) in [5.74, 6) is 0.778. The highest BCUT2D eigenvalue weighted by Gasteiger charge is 2.35. The summed E-state index contributed by atoms with van der Waals surface area (Å²) in [7, 11) is 0. The minimum Gasteiger partial charge on any atom is -0.490 e. The molecule has 2 unspecified atom stereocenters. The van der Waals surface area contributed by atoms with E-state index in [1.54, 1.807) is 42.5 Å². The standard InChI is InChI=1S/C26H31Cl2N3O4/c27-21-5-4-6-22(28)24(21)35-16-15-34-19-9-7-18(8-10-19)25(32)30-23-11-12-29-17-20(23)26(33)31-13-2-1-3-14-31/h4-10,20,23,29H,1-3,11-17H2,(H,30,32). The normalized spacial score (nSPS) is 20.2. The molecule has 7 nitrogen and oxygen atoms in total. The lowest BCUT2D eigenvalue weighted by molar-refractivity contribution is -0.137. The number of nitrogens with one attached hydrogen (secondary N) is 2. The van der Waals surface area contributed by atoms with Gasteiger partial charge in [0.2, 0.25) is 5.91 Å². The van der Waals surface area contributed by atoms with E-state index in [1.165, 1.54) is 6.42 Å². The Morgan fingerprint density at radius 3 is 2.37 bits per heavy atom. The summed E-state index contributed by atoms with van der Waals surface area (Å²) in [6.45, 7) is 3.57. The number of likely N-dealkylation sites (tertiary alicyclic amines) is 1. The molecule has 35 heavy (non-hydrogen) atoms. The Hall–Kier alpha value is -2.48. The average Bonchev–Trinajstić information content (AvgIpc) is 2.89. The van der Waals surface area contributed by atoms with Crippen molar-refractivity contribution in [3.05, 3.63) is 58.1 Å². The Balaban J connectivity index is 1.27. The van der Waals surface area contributed by atoms with E-state index in [9.17, 15) is 9.59 Å². The first-order valence-electron chi connectivity index (χ1n) is 12.1. The van der Waals surface area contributed by atoms with Crippen molar-refractivity contribution < 1.29 is 19.1 Å². The summed E-state index contributed by atoms with van der Waals surface area (Å²) in [6.07, 6.45) is 4.01. The van der Waals surface area contributed by atoms with Crippen LogP contribution in [0, 0.1) is 5.92 Å². The average molecular weight is 520 g/mol. The molecule has 9 heteroatoms. The highest BCUT2D eigenvalue weighted by atomic mass is 35.5. The van der Waals surface area contributed by atoms with Crippen LogP contribution in [-0.2, 0) is 4.79 Å². The summed E-state index contributed by atoms with van der Waals surface area (Å²) < 4.78 is 11.3. The lowest BCUT2D eigenvalue weighted by Gasteiger charge is -2.36. The molecule has 0 radical (unpaired) electrons. The van der Waals surface area contributed by atoms with Gasteiger partial charge in [0.05, 0.1) is 16.0 Å². The van der Waals surface area contributed by atoms with Crippen molar-refractivity contribution in [1.82, 2.24) is 15.5 Å². The fourth-order valence-electron chi connectivity index (χ4n) is 4.52. The Bertz CT molecular complexity index is 992. The van der Waals surface area contributed by atoms with E-state index in [0.29, 0.717) is 40.3 Å². The Labute approximate surface area is 216 Å². The van der Waals surface area contributed by atoms with Gasteiger partial charge >= 0.3 is 0 Å². The molecule has 0 bridgehead atoms. The van der Waals surface area contributed by atoms with Crippen LogP contribution in [0.25, 0.3) is 0 Å². The van der Waals surface area contributed by atoms with Gasteiger partial charge in [-0.3, -0.25) is 9.59 Å². The van der Waals surface area contributed by atoms with Crippen LogP contribution >= 0.6 is 23.2 Å². The van der Waals surface area contributed by atoms with Crippen molar-refractivity contribution in [2.45, 2.75) is 31.7 Å². The van der Waals surface area contributed by atoms with E-state index >= 15 is 0 Å². The number of benzene rings is 2. The van der Waals surface area contributed by atoms with Crippen LogP contribution in [-0.4, -0.2) is 62.1 Å². The highest BCUT2D eigenvalue weighted by molar-refractivity contribution is 6.37. The first kappa shape index (κ1) is 25.6. The van der Waals surface area contributed by atoms with Crippen LogP contribution in [0.3, 0.4) is 0 Å². The number of piperidine rings is 2. The number of hydrogen-bond acceptors (Lipinski definition) is 5. The summed E-state index contributed by atoms with van der Waals surface area (Å²) in [6, 6.07) is 11.9. The number of hydrogen-bond donors (Lipinski definition) is 2. The molecule has 2 atom stereocenters. The molecule has 0 aliphatic carbocycles. The van der Waals surface area contributed by atoms with Gasteiger partial charge in [0.15, 0.2) is 5.75 Å². The third-order valence-electron chi connectivity index (χ3n) is 6.42. The Morgan fingerprint density at radius 1 is 0.971 bits per heavy atom. The molecule has 4 rings (SSSR count). The molecular weight excluding hydrogens is 489 g/mol. The van der Waals surface area contributed by atoms with Crippen molar-refractivity contribution in [1.29, 1.82) is 0 Å². The SMILES string of the molecule is O=C(NC1CCNCC1C(=O)N1CCCCC1)c1ccc(OCCOc2c(Cl)cccc2Cl)cc1. The zero-order chi connectivity index (χ0) is 24.6. The fourth-order valence-corrected chi connectivity index (χ4v) is 5.02. The van der Waals surface area contributed by atoms with Crippen molar-refractivity contribution in [2.24, 2.45) is 5.92 Å². The monoisotopic (exact) mass is 519 g/mol. The minimum absolute atomic E-state index is 0.145. The van der Waals surface area contributed by atoms with Gasteiger partial charge in [-0.25, -0.2) is 0 Å². The van der Waals surface area contributed by atoms with Gasteiger partial charge in [-0.1, -0.05) is 29.3 Å². The number of rotatable bonds is 8. The van der Waals surface area contributed by atoms with Gasteiger partial charge in [-0.15, -0.1) is 0 Å². The van der Waals surface area contributed by atoms with E-state index in [4.69, 9.17) is 32.7 Å². The van der Waals surface area contributed by atoms with E-state index in [0.717, 1.165) is 38.9 Å². The van der Waals surface area contributed by atoms with Gasteiger partial charge < -0.3 is 25.0 Å². The second-order valence-electron chi connectivity index (χ2n) is 8.84. The number of para-hydroxylation sites is 1. The second-order valence-corrected chi connectivity index (χ2v) is 9.65. The molecule has 0 spiro atoms. The van der Waals surface area contributed by atoms with Crippen LogP contribution in [0.2, 0.25) is 10.0 Å². The molecule has 2 amide bonds. The minimum atomic E-state index is -0.236. The summed E-state index contributed by atoms with van der Waals surface area (Å²) in [5.41, 5.74) is 0.527. The molecule has 2 aromatic rings. The number of ether oxygens (including phenoxy) is 2. The number of amides is 2. The van der Waals surface area contributed by atoms with Gasteiger partial charge in [-0.2, -0.15) is 0 Å². The third kappa shape index (κ3) is 6.81. The quantitative estimate of drug-likeness (QED) is 0.511. The maximum atomic E-state index is 13.1. The van der Waals surface area contributed by atoms with Crippen molar-refractivity contribution in [3.8, 4) is 11.5 Å². The van der Waals surface area contributed by atoms with E-state index < -0.39 is 0 Å². The second kappa shape index (κ2) is 12.5. The summed E-state index contributed by atoms with van der Waals surface area (Å²) in [5, 5.41) is 7.29. The summed E-state index contributed by atoms with van der Waals surface area (Å²) >= 11 is 12.2. The fraction of sp³-hybridized carbons (Fsp3) is 0.462. The zero-order valence-electron chi connectivity index (χ0n) is 19.6. The third-order valence-corrected chi connectivity index (χ3v) is 7.01. The molecule has 2 heterocycles. The maximum Gasteiger partial charge on any atom is 0.251 e. The van der Waals surface area contributed by atoms with Crippen LogP contribution < -0.4 is 20.1 Å². The predicted octanol–water partition coefficient (Wildman–Crippen LogP) is 4.17. The first-order valence-corrected chi connectivity index (χ1v) is 12.9. The van der Waals surface area contributed by atoms with Crippen LogP contribution in [0.5, 0.6) is 11.5 Å². The lowest BCUT2D eigenvalue weighted by atomic mass is 9.91. The van der Waals surface area contributed by atoms with Gasteiger partial charge in [-0.05, 0) is 68.6 Å². The molecule has 0 aromatic heterocycles. The molecule has 188 valence electrons. The Morgan fingerprint density at radius 2 is 1.66 bits per heavy atom. The number of nitrogens with zero attached hydrogens (tertiary/aromatic N) is 1. The smallest absolute Gasteiger partial charge is 0.251 e. The zero-order valence-corrected chi connectivity index (χ0v) is 21.1. The molecule has 2 aromatic carbocycles. The molecular formula is C26H31Cl2N3O4. The topological polar surface area (TPSA) is 79.9 Å². The van der Waals surface area contributed by atoms with Crippen molar-refractivity contribution in [2.75, 3.05) is 39.4 Å². The van der Waals surface area contributed by atoms with Crippen molar-refractivity contribution >= 4 is 35.0 Å². The molecule has 2 aliphatic rings. The van der Waals surface area contributed by atoms with Gasteiger partial charge in [0.25, 0.3) is 5.91 Å². The predicted molar refractivity (Wildman–Crippen MR) is 137 cm³/mol. The van der Waals surface area contributed by atoms with E-state index in [1.807, 2.05) is 4.90 Å². The first-order chi connectivity index (χ1) is 17.0.